The summed E-state index contributed by atoms with van der Waals surface area (Å²) < 4.78 is 0. The number of carbonyl (C=O) groups excluding carboxylic acids is 1. The highest BCUT2D eigenvalue weighted by Gasteiger charge is 2.24. The molecule has 0 saturated heterocycles. The number of nitrogens with zero attached hydrogens (tertiary/aromatic N) is 1. The van der Waals surface area contributed by atoms with Crippen LogP contribution in [0.3, 0.4) is 0 Å². The van der Waals surface area contributed by atoms with Crippen molar-refractivity contribution in [3.05, 3.63) is 39.4 Å². The summed E-state index contributed by atoms with van der Waals surface area (Å²) >= 11 is 0. The third-order valence-corrected chi connectivity index (χ3v) is 3.05. The lowest BCUT2D eigenvalue weighted by molar-refractivity contribution is -0.385. The first-order valence-electron chi connectivity index (χ1n) is 6.34. The predicted molar refractivity (Wildman–Crippen MR) is 75.6 cm³/mol. The zero-order chi connectivity index (χ0) is 15.5. The number of rotatable bonds is 4. The number of benzene rings is 1. The van der Waals surface area contributed by atoms with Gasteiger partial charge in [-0.05, 0) is 24.0 Å². The van der Waals surface area contributed by atoms with E-state index >= 15 is 0 Å². The maximum atomic E-state index is 12.0. The van der Waals surface area contributed by atoms with Crippen molar-refractivity contribution in [1.82, 2.24) is 5.32 Å². The van der Waals surface area contributed by atoms with Crippen LogP contribution in [-0.2, 0) is 0 Å². The van der Waals surface area contributed by atoms with Crippen LogP contribution in [0.2, 0.25) is 0 Å². The van der Waals surface area contributed by atoms with Crippen LogP contribution in [0.1, 0.15) is 36.7 Å². The first kappa shape index (κ1) is 16.1. The third-order valence-electron chi connectivity index (χ3n) is 3.05. The van der Waals surface area contributed by atoms with Crippen LogP contribution in [0.4, 0.5) is 5.69 Å². The molecular weight excluding hydrogens is 260 g/mol. The molecule has 6 heteroatoms. The number of amides is 1. The summed E-state index contributed by atoms with van der Waals surface area (Å²) in [7, 11) is 0. The van der Waals surface area contributed by atoms with Gasteiger partial charge in [-0.15, -0.1) is 0 Å². The van der Waals surface area contributed by atoms with Crippen LogP contribution in [0.15, 0.2) is 18.2 Å². The molecule has 0 aliphatic rings. The highest BCUT2D eigenvalue weighted by atomic mass is 16.6. The van der Waals surface area contributed by atoms with Crippen molar-refractivity contribution in [2.45, 2.75) is 33.8 Å². The molecule has 1 rings (SSSR count). The molecule has 0 aliphatic heterocycles. The number of nitro benzene ring substituents is 1. The summed E-state index contributed by atoms with van der Waals surface area (Å²) in [4.78, 5) is 22.3. The molecule has 1 unspecified atom stereocenters. The third kappa shape index (κ3) is 4.03. The number of nitro groups is 1. The second-order valence-electron chi connectivity index (χ2n) is 5.87. The topological polar surface area (TPSA) is 92.5 Å². The van der Waals surface area contributed by atoms with Gasteiger partial charge in [0, 0.05) is 12.6 Å². The minimum absolute atomic E-state index is 0.0103. The highest BCUT2D eigenvalue weighted by Crippen LogP contribution is 2.21. The van der Waals surface area contributed by atoms with E-state index < -0.39 is 16.9 Å². The Hall–Kier alpha value is -1.95. The Kier molecular flexibility index (Phi) is 4.83. The summed E-state index contributed by atoms with van der Waals surface area (Å²) in [5, 5.41) is 23.3. The van der Waals surface area contributed by atoms with E-state index in [2.05, 4.69) is 5.32 Å². The van der Waals surface area contributed by atoms with E-state index in [-0.39, 0.29) is 23.2 Å². The largest absolute Gasteiger partial charge is 0.391 e. The van der Waals surface area contributed by atoms with Crippen molar-refractivity contribution >= 4 is 11.6 Å². The second-order valence-corrected chi connectivity index (χ2v) is 5.87. The number of carbonyl (C=O) groups is 1. The average Bonchev–Trinajstić information content (AvgIpc) is 2.33. The van der Waals surface area contributed by atoms with Crippen LogP contribution >= 0.6 is 0 Å². The average molecular weight is 280 g/mol. The lowest BCUT2D eigenvalue weighted by Crippen LogP contribution is -2.39. The molecule has 0 saturated carbocycles. The summed E-state index contributed by atoms with van der Waals surface area (Å²) in [5.74, 6) is -0.552. The molecule has 0 fully saturated rings. The Morgan fingerprint density at radius 2 is 2.05 bits per heavy atom. The van der Waals surface area contributed by atoms with Gasteiger partial charge >= 0.3 is 0 Å². The first-order chi connectivity index (χ1) is 9.12. The Labute approximate surface area is 118 Å². The van der Waals surface area contributed by atoms with Gasteiger partial charge in [0.25, 0.3) is 11.6 Å². The molecule has 1 atom stereocenters. The van der Waals surface area contributed by atoms with Crippen LogP contribution < -0.4 is 5.32 Å². The van der Waals surface area contributed by atoms with Crippen molar-refractivity contribution in [3.8, 4) is 0 Å². The lowest BCUT2D eigenvalue weighted by Gasteiger charge is -2.25. The lowest BCUT2D eigenvalue weighted by atomic mass is 9.89. The molecule has 0 aliphatic carbocycles. The zero-order valence-corrected chi connectivity index (χ0v) is 12.1. The fourth-order valence-electron chi connectivity index (χ4n) is 1.58. The molecule has 0 bridgehead atoms. The number of nitrogens with one attached hydrogen (secondary N) is 1. The smallest absolute Gasteiger partial charge is 0.282 e. The van der Waals surface area contributed by atoms with Crippen molar-refractivity contribution in [2.75, 3.05) is 6.54 Å². The van der Waals surface area contributed by atoms with Gasteiger partial charge in [0.05, 0.1) is 11.0 Å². The predicted octanol–water partition coefficient (Wildman–Crippen LogP) is 2.04. The number of aryl methyl sites for hydroxylation is 1. The van der Waals surface area contributed by atoms with Gasteiger partial charge in [-0.2, -0.15) is 0 Å². The van der Waals surface area contributed by atoms with Gasteiger partial charge < -0.3 is 10.4 Å². The molecule has 20 heavy (non-hydrogen) atoms. The molecule has 0 aromatic heterocycles. The van der Waals surface area contributed by atoms with Crippen LogP contribution in [-0.4, -0.2) is 28.6 Å². The molecule has 2 N–H and O–H groups in total. The number of hydrogen-bond donors (Lipinski definition) is 2. The van der Waals surface area contributed by atoms with E-state index in [0.29, 0.717) is 0 Å². The highest BCUT2D eigenvalue weighted by molar-refractivity contribution is 5.98. The van der Waals surface area contributed by atoms with Gasteiger partial charge in [-0.25, -0.2) is 0 Å². The summed E-state index contributed by atoms with van der Waals surface area (Å²) in [5.41, 5.74) is 0.165. The molecular formula is C14H20N2O4. The van der Waals surface area contributed by atoms with Crippen LogP contribution in [0.25, 0.3) is 0 Å². The SMILES string of the molecule is Cc1ccc([N+](=O)[O-])c(C(=O)NCC(O)C(C)(C)C)c1. The summed E-state index contributed by atoms with van der Waals surface area (Å²) in [6, 6.07) is 4.36. The maximum Gasteiger partial charge on any atom is 0.282 e. The minimum atomic E-state index is -0.727. The first-order valence-corrected chi connectivity index (χ1v) is 6.34. The minimum Gasteiger partial charge on any atom is -0.391 e. The quantitative estimate of drug-likeness (QED) is 0.652. The molecule has 110 valence electrons. The van der Waals surface area contributed by atoms with Crippen molar-refractivity contribution in [2.24, 2.45) is 5.41 Å². The maximum absolute atomic E-state index is 12.0. The molecule has 1 amide bonds. The summed E-state index contributed by atoms with van der Waals surface area (Å²) in [6.45, 7) is 7.34. The molecule has 0 radical (unpaired) electrons. The zero-order valence-electron chi connectivity index (χ0n) is 12.1. The van der Waals surface area contributed by atoms with E-state index in [1.165, 1.54) is 12.1 Å². The van der Waals surface area contributed by atoms with Gasteiger partial charge in [0.15, 0.2) is 0 Å². The number of aliphatic hydroxyl groups is 1. The van der Waals surface area contributed by atoms with E-state index in [0.717, 1.165) is 5.56 Å². The standard InChI is InChI=1S/C14H20N2O4/c1-9-5-6-11(16(19)20)10(7-9)13(18)15-8-12(17)14(2,3)4/h5-7,12,17H,8H2,1-4H3,(H,15,18). The number of aliphatic hydroxyl groups excluding tert-OH is 1. The summed E-state index contributed by atoms with van der Waals surface area (Å²) in [6.07, 6.45) is -0.727. The molecule has 0 heterocycles. The Bertz CT molecular complexity index is 520. The van der Waals surface area contributed by atoms with E-state index in [1.807, 2.05) is 20.8 Å². The normalized spacial score (nSPS) is 12.8. The number of hydrogen-bond acceptors (Lipinski definition) is 4. The molecule has 6 nitrogen and oxygen atoms in total. The Balaban J connectivity index is 2.88. The van der Waals surface area contributed by atoms with Gasteiger partial charge in [-0.3, -0.25) is 14.9 Å². The van der Waals surface area contributed by atoms with Crippen molar-refractivity contribution in [1.29, 1.82) is 0 Å². The Morgan fingerprint density at radius 1 is 1.45 bits per heavy atom. The molecule has 1 aromatic rings. The van der Waals surface area contributed by atoms with Gasteiger partial charge in [0.1, 0.15) is 5.56 Å². The molecule has 1 aromatic carbocycles. The Morgan fingerprint density at radius 3 is 2.55 bits per heavy atom. The van der Waals surface area contributed by atoms with Gasteiger partial charge in [0.2, 0.25) is 0 Å². The fraction of sp³-hybridized carbons (Fsp3) is 0.500. The van der Waals surface area contributed by atoms with Crippen LogP contribution in [0, 0.1) is 22.5 Å². The second kappa shape index (κ2) is 6.00. The fourth-order valence-corrected chi connectivity index (χ4v) is 1.58. The van der Waals surface area contributed by atoms with Crippen molar-refractivity contribution < 1.29 is 14.8 Å². The van der Waals surface area contributed by atoms with Gasteiger partial charge in [-0.1, -0.05) is 26.8 Å². The monoisotopic (exact) mass is 280 g/mol. The van der Waals surface area contributed by atoms with E-state index in [4.69, 9.17) is 0 Å². The van der Waals surface area contributed by atoms with Crippen LogP contribution in [0.5, 0.6) is 0 Å². The van der Waals surface area contributed by atoms with Crippen molar-refractivity contribution in [3.63, 3.8) is 0 Å². The molecule has 0 spiro atoms. The van der Waals surface area contributed by atoms with E-state index in [1.54, 1.807) is 13.0 Å². The van der Waals surface area contributed by atoms with E-state index in [9.17, 15) is 20.0 Å².